The second kappa shape index (κ2) is 17.1. The van der Waals surface area contributed by atoms with Crippen LogP contribution >= 0.6 is 0 Å². The first-order valence-corrected chi connectivity index (χ1v) is 21.0. The molecule has 0 aromatic rings. The van der Waals surface area contributed by atoms with E-state index in [4.69, 9.17) is 34.2 Å². The number of esters is 1. The summed E-state index contributed by atoms with van der Waals surface area (Å²) in [5, 5.41) is 32.3. The molecule has 0 saturated carbocycles. The molecule has 17 unspecified atom stereocenters. The van der Waals surface area contributed by atoms with Gasteiger partial charge in [-0.15, -0.1) is 0 Å². The number of hydrogen-bond donors (Lipinski definition) is 4. The molecule has 0 amide bonds. The normalized spacial score (nSPS) is 43.4. The number of ketones is 1. The number of carboxylic acids is 1. The van der Waals surface area contributed by atoms with Crippen LogP contribution in [-0.4, -0.2) is 105 Å². The Kier molecular flexibility index (Phi) is 13.7. The molecule has 5 aliphatic rings. The van der Waals surface area contributed by atoms with Crippen LogP contribution in [0.3, 0.4) is 0 Å². The van der Waals surface area contributed by atoms with Gasteiger partial charge in [-0.1, -0.05) is 41.5 Å². The zero-order valence-corrected chi connectivity index (χ0v) is 34.5. The SMILES string of the molecule is CCC(C(=O)O)C1CCCC(C(N)C(O)C(C)C(=O)C(CC)C2OC3(C=CC(OC(C)=O)C4(CCC(C)(C5CCC(O)(CC)C(C)O5)O4)O3)C(C)CC2C)O1. The number of aliphatic hydroxyl groups excluding tert-OH is 1. The van der Waals surface area contributed by atoms with E-state index in [0.29, 0.717) is 64.2 Å². The Morgan fingerprint density at radius 2 is 1.64 bits per heavy atom. The smallest absolute Gasteiger partial charge is 0.309 e. The van der Waals surface area contributed by atoms with Crippen LogP contribution in [-0.2, 0) is 42.8 Å². The first-order chi connectivity index (χ1) is 25.8. The van der Waals surface area contributed by atoms with Crippen LogP contribution in [0.1, 0.15) is 133 Å². The summed E-state index contributed by atoms with van der Waals surface area (Å²) in [5.41, 5.74) is 4.88. The van der Waals surface area contributed by atoms with Gasteiger partial charge in [0.2, 0.25) is 5.79 Å². The zero-order chi connectivity index (χ0) is 40.7. The minimum Gasteiger partial charge on any atom is -0.481 e. The van der Waals surface area contributed by atoms with E-state index in [2.05, 4.69) is 6.92 Å². The Morgan fingerprint density at radius 1 is 0.964 bits per heavy atom. The number of Topliss-reactive ketones (excluding diaryl/α,β-unsaturated/α-hetero) is 1. The summed E-state index contributed by atoms with van der Waals surface area (Å²) in [6, 6.07) is -0.884. The van der Waals surface area contributed by atoms with Gasteiger partial charge in [-0.05, 0) is 96.1 Å². The van der Waals surface area contributed by atoms with Gasteiger partial charge in [-0.2, -0.15) is 0 Å². The van der Waals surface area contributed by atoms with Crippen LogP contribution < -0.4 is 5.73 Å². The predicted molar refractivity (Wildman–Crippen MR) is 202 cm³/mol. The van der Waals surface area contributed by atoms with Gasteiger partial charge < -0.3 is 49.5 Å². The van der Waals surface area contributed by atoms with Gasteiger partial charge >= 0.3 is 11.9 Å². The molecule has 5 rings (SSSR count). The highest BCUT2D eigenvalue weighted by atomic mass is 16.8. The molecule has 314 valence electrons. The average Bonchev–Trinajstić information content (AvgIpc) is 3.49. The number of rotatable bonds is 13. The Morgan fingerprint density at radius 3 is 2.24 bits per heavy atom. The lowest BCUT2D eigenvalue weighted by Gasteiger charge is -2.54. The quantitative estimate of drug-likeness (QED) is 0.141. The highest BCUT2D eigenvalue weighted by Gasteiger charge is 2.64. The fourth-order valence-electron chi connectivity index (χ4n) is 10.2. The van der Waals surface area contributed by atoms with Crippen molar-refractivity contribution < 1.29 is 58.1 Å². The number of carbonyl (C=O) groups is 3. The molecule has 0 aromatic carbocycles. The minimum absolute atomic E-state index is 0.0414. The van der Waals surface area contributed by atoms with Crippen LogP contribution in [0.5, 0.6) is 0 Å². The van der Waals surface area contributed by atoms with E-state index in [9.17, 15) is 29.7 Å². The van der Waals surface area contributed by atoms with Gasteiger partial charge in [0.1, 0.15) is 5.78 Å². The maximum atomic E-state index is 14.4. The van der Waals surface area contributed by atoms with Crippen molar-refractivity contribution in [2.45, 2.75) is 204 Å². The van der Waals surface area contributed by atoms with E-state index in [-0.39, 0.29) is 23.7 Å². The Balaban J connectivity index is 1.35. The largest absolute Gasteiger partial charge is 0.481 e. The lowest BCUT2D eigenvalue weighted by molar-refractivity contribution is -0.409. The third-order valence-corrected chi connectivity index (χ3v) is 14.0. The number of aliphatic hydroxyl groups is 2. The monoisotopic (exact) mass is 779 g/mol. The van der Waals surface area contributed by atoms with Crippen LogP contribution in [0, 0.1) is 29.6 Å². The highest BCUT2D eigenvalue weighted by Crippen LogP contribution is 2.54. The van der Waals surface area contributed by atoms with Crippen LogP contribution in [0.4, 0.5) is 0 Å². The second-order valence-corrected chi connectivity index (χ2v) is 17.7. The summed E-state index contributed by atoms with van der Waals surface area (Å²) in [7, 11) is 0. The Labute approximate surface area is 327 Å². The number of ether oxygens (including phenoxy) is 6. The first-order valence-electron chi connectivity index (χ1n) is 21.0. The molecule has 13 nitrogen and oxygen atoms in total. The van der Waals surface area contributed by atoms with Gasteiger partial charge in [0.15, 0.2) is 11.9 Å². The van der Waals surface area contributed by atoms with Crippen molar-refractivity contribution in [2.24, 2.45) is 35.3 Å². The van der Waals surface area contributed by atoms with E-state index in [1.165, 1.54) is 6.92 Å². The maximum absolute atomic E-state index is 14.4. The molecule has 5 aliphatic heterocycles. The van der Waals surface area contributed by atoms with E-state index in [1.54, 1.807) is 19.1 Å². The van der Waals surface area contributed by atoms with Gasteiger partial charge in [-0.25, -0.2) is 0 Å². The van der Waals surface area contributed by atoms with E-state index in [0.717, 1.165) is 6.42 Å². The van der Waals surface area contributed by atoms with E-state index < -0.39 is 95.1 Å². The molecule has 5 heterocycles. The number of nitrogens with two attached hydrogens (primary N) is 1. The van der Waals surface area contributed by atoms with Gasteiger partial charge in [0, 0.05) is 31.1 Å². The summed E-state index contributed by atoms with van der Waals surface area (Å²) in [6.07, 6.45) is 5.26. The van der Waals surface area contributed by atoms with Crippen LogP contribution in [0.25, 0.3) is 0 Å². The summed E-state index contributed by atoms with van der Waals surface area (Å²) in [6.45, 7) is 16.7. The summed E-state index contributed by atoms with van der Waals surface area (Å²) < 4.78 is 39.4. The third-order valence-electron chi connectivity index (χ3n) is 14.0. The minimum atomic E-state index is -1.39. The molecular formula is C42H69NO12. The van der Waals surface area contributed by atoms with Crippen molar-refractivity contribution in [2.75, 3.05) is 0 Å². The third kappa shape index (κ3) is 8.60. The van der Waals surface area contributed by atoms with Crippen LogP contribution in [0.2, 0.25) is 0 Å². The first kappa shape index (κ1) is 44.1. The molecule has 55 heavy (non-hydrogen) atoms. The molecule has 2 spiro atoms. The number of carboxylic acid groups (broad SMARTS) is 1. The van der Waals surface area contributed by atoms with E-state index >= 15 is 0 Å². The van der Waals surface area contributed by atoms with Crippen molar-refractivity contribution in [3.63, 3.8) is 0 Å². The summed E-state index contributed by atoms with van der Waals surface area (Å²) in [5.74, 6) is -6.58. The lowest BCUT2D eigenvalue weighted by Crippen LogP contribution is -2.63. The molecule has 17 atom stereocenters. The predicted octanol–water partition coefficient (Wildman–Crippen LogP) is 5.20. The molecule has 0 radical (unpaired) electrons. The number of aliphatic carboxylic acids is 1. The van der Waals surface area contributed by atoms with Gasteiger partial charge in [0.25, 0.3) is 0 Å². The Hall–Kier alpha value is -1.97. The van der Waals surface area contributed by atoms with Crippen molar-refractivity contribution in [1.82, 2.24) is 0 Å². The van der Waals surface area contributed by atoms with Crippen molar-refractivity contribution >= 4 is 17.7 Å². The zero-order valence-electron chi connectivity index (χ0n) is 34.5. The summed E-state index contributed by atoms with van der Waals surface area (Å²) >= 11 is 0. The number of carbonyl (C=O) groups excluding carboxylic acids is 2. The lowest BCUT2D eigenvalue weighted by atomic mass is 9.73. The fourth-order valence-corrected chi connectivity index (χ4v) is 10.2. The fraction of sp³-hybridized carbons (Fsp3) is 0.881. The number of hydrogen-bond acceptors (Lipinski definition) is 12. The van der Waals surface area contributed by atoms with Gasteiger partial charge in [-0.3, -0.25) is 14.4 Å². The molecule has 0 aliphatic carbocycles. The van der Waals surface area contributed by atoms with Crippen LogP contribution in [0.15, 0.2) is 12.2 Å². The highest BCUT2D eigenvalue weighted by molar-refractivity contribution is 5.84. The molecule has 4 fully saturated rings. The van der Waals surface area contributed by atoms with Crippen molar-refractivity contribution in [3.8, 4) is 0 Å². The van der Waals surface area contributed by atoms with E-state index in [1.807, 2.05) is 41.5 Å². The second-order valence-electron chi connectivity index (χ2n) is 17.7. The Bertz CT molecular complexity index is 1410. The maximum Gasteiger partial charge on any atom is 0.309 e. The molecule has 0 bridgehead atoms. The molecule has 5 N–H and O–H groups in total. The molecule has 0 aromatic heterocycles. The van der Waals surface area contributed by atoms with Crippen molar-refractivity contribution in [1.29, 1.82) is 0 Å². The van der Waals surface area contributed by atoms with Crippen molar-refractivity contribution in [3.05, 3.63) is 12.2 Å². The average molecular weight is 780 g/mol. The standard InChI is InChI=1S/C42H69NO12/c1-10-28(38(47)48)30-14-13-15-31(52-30)34(43)36(46)25(6)35(45)29(11-2)37-23(4)22-24(5)41(53-37)19-17-33(51-27(8)44)42(55-41)21-20-39(9,54-42)32-16-18-40(49,12-3)26(7)50-32/h17,19,23-26,28-34,36-37,46,49H,10-16,18,20-22,43H2,1-9H3,(H,47,48). The molecule has 4 saturated heterocycles. The summed E-state index contributed by atoms with van der Waals surface area (Å²) in [4.78, 5) is 38.6. The van der Waals surface area contributed by atoms with Gasteiger partial charge in [0.05, 0.1) is 59.8 Å². The molecule has 13 heteroatoms. The topological polar surface area (TPSA) is 193 Å². The molecular weight excluding hydrogens is 710 g/mol.